The summed E-state index contributed by atoms with van der Waals surface area (Å²) in [5.74, 6) is 0.808. The Morgan fingerprint density at radius 3 is 2.46 bits per heavy atom. The normalized spacial score (nSPS) is 17.3. The van der Waals surface area contributed by atoms with Crippen molar-refractivity contribution < 1.29 is 29.0 Å². The van der Waals surface area contributed by atoms with Crippen LogP contribution in [0.1, 0.15) is 91.3 Å². The van der Waals surface area contributed by atoms with Crippen LogP contribution < -0.4 is 14.8 Å². The van der Waals surface area contributed by atoms with Gasteiger partial charge in [0, 0.05) is 40.1 Å². The lowest BCUT2D eigenvalue weighted by Gasteiger charge is -2.41. The molecule has 0 bridgehead atoms. The van der Waals surface area contributed by atoms with E-state index in [4.69, 9.17) is 14.6 Å². The number of benzene rings is 3. The number of ether oxygens (including phenoxy) is 2. The van der Waals surface area contributed by atoms with Crippen LogP contribution in [0.2, 0.25) is 0 Å². The van der Waals surface area contributed by atoms with E-state index in [-0.39, 0.29) is 23.7 Å². The number of fused-ring (bicyclic) bond motifs is 5. The van der Waals surface area contributed by atoms with E-state index in [1.165, 1.54) is 35.9 Å². The molecule has 0 atom stereocenters. The first-order chi connectivity index (χ1) is 23.3. The summed E-state index contributed by atoms with van der Waals surface area (Å²) in [5.41, 5.74) is 6.09. The van der Waals surface area contributed by atoms with Gasteiger partial charge in [-0.25, -0.2) is 4.79 Å². The standard InChI is InChI=1S/C40H42N2O6/c1-25(39(45)46)21-26-9-11-27(12-10-26)22-35(43)40(17-6-18-40)41-38(44)29-13-15-31-33(23-29)42-19-20-48-34-24-30(47-2)14-16-32(34)37(42)36(31)28-7-4-3-5-8-28/h9-16,21,23-24,28H,3-8,17-20,22H2,1-2H3,(H,41,44)(H,45,46)/b25-21+. The molecule has 1 aromatic heterocycles. The Bertz CT molecular complexity index is 1930. The van der Waals surface area contributed by atoms with Crippen LogP contribution >= 0.6 is 0 Å². The van der Waals surface area contributed by atoms with E-state index < -0.39 is 11.5 Å². The Kier molecular flexibility index (Phi) is 8.58. The number of aliphatic carboxylic acids is 1. The van der Waals surface area contributed by atoms with Gasteiger partial charge in [-0.2, -0.15) is 0 Å². The van der Waals surface area contributed by atoms with Gasteiger partial charge in [0.15, 0.2) is 5.78 Å². The van der Waals surface area contributed by atoms with Crippen LogP contribution in [0.4, 0.5) is 0 Å². The number of Topliss-reactive ketones (excluding diaryl/α,β-unsaturated/α-hetero) is 1. The molecule has 2 heterocycles. The van der Waals surface area contributed by atoms with Gasteiger partial charge in [-0.15, -0.1) is 0 Å². The molecule has 0 unspecified atom stereocenters. The van der Waals surface area contributed by atoms with Gasteiger partial charge in [-0.3, -0.25) is 9.59 Å². The van der Waals surface area contributed by atoms with Crippen LogP contribution in [0.25, 0.3) is 28.2 Å². The third-order valence-corrected chi connectivity index (χ3v) is 10.6. The molecule has 2 aliphatic carbocycles. The van der Waals surface area contributed by atoms with Gasteiger partial charge in [0.25, 0.3) is 5.91 Å². The maximum Gasteiger partial charge on any atom is 0.331 e. The topological polar surface area (TPSA) is 107 Å². The van der Waals surface area contributed by atoms with Crippen molar-refractivity contribution in [3.8, 4) is 22.8 Å². The number of ketones is 1. The van der Waals surface area contributed by atoms with Crippen LogP contribution in [0.5, 0.6) is 11.5 Å². The van der Waals surface area contributed by atoms with E-state index in [1.54, 1.807) is 20.1 Å². The van der Waals surface area contributed by atoms with Crippen molar-refractivity contribution >= 4 is 34.6 Å². The smallest absolute Gasteiger partial charge is 0.331 e. The molecular weight excluding hydrogens is 604 g/mol. The maximum atomic E-state index is 13.9. The van der Waals surface area contributed by atoms with Gasteiger partial charge in [-0.1, -0.05) is 49.6 Å². The summed E-state index contributed by atoms with van der Waals surface area (Å²) in [5, 5.41) is 13.5. The molecule has 7 rings (SSSR count). The number of hydrogen-bond donors (Lipinski definition) is 2. The Hall–Kier alpha value is -4.85. The van der Waals surface area contributed by atoms with Gasteiger partial charge in [-0.05, 0) is 92.0 Å². The van der Waals surface area contributed by atoms with Crippen molar-refractivity contribution in [2.24, 2.45) is 0 Å². The lowest BCUT2D eigenvalue weighted by molar-refractivity contribution is -0.132. The summed E-state index contributed by atoms with van der Waals surface area (Å²) in [6.45, 7) is 2.72. The van der Waals surface area contributed by atoms with Crippen LogP contribution in [0.15, 0.2) is 66.2 Å². The lowest BCUT2D eigenvalue weighted by Crippen LogP contribution is -2.59. The summed E-state index contributed by atoms with van der Waals surface area (Å²) in [7, 11) is 1.67. The molecule has 48 heavy (non-hydrogen) atoms. The molecule has 1 aliphatic heterocycles. The van der Waals surface area contributed by atoms with E-state index in [0.29, 0.717) is 37.5 Å². The molecule has 2 saturated carbocycles. The minimum Gasteiger partial charge on any atom is -0.497 e. The first-order valence-corrected chi connectivity index (χ1v) is 17.1. The summed E-state index contributed by atoms with van der Waals surface area (Å²) in [6.07, 6.45) is 9.89. The quantitative estimate of drug-likeness (QED) is 0.181. The Labute approximate surface area is 280 Å². The third-order valence-electron chi connectivity index (χ3n) is 10.6. The van der Waals surface area contributed by atoms with Gasteiger partial charge in [0.05, 0.1) is 24.9 Å². The molecule has 3 aliphatic rings. The largest absolute Gasteiger partial charge is 0.497 e. The van der Waals surface area contributed by atoms with Crippen molar-refractivity contribution in [2.75, 3.05) is 13.7 Å². The summed E-state index contributed by atoms with van der Waals surface area (Å²) < 4.78 is 14.1. The number of rotatable bonds is 9. The molecule has 2 N–H and O–H groups in total. The zero-order chi connectivity index (χ0) is 33.4. The molecule has 3 aromatic carbocycles. The average Bonchev–Trinajstić information content (AvgIpc) is 3.28. The van der Waals surface area contributed by atoms with E-state index in [0.717, 1.165) is 53.0 Å². The van der Waals surface area contributed by atoms with Crippen molar-refractivity contribution in [2.45, 2.75) is 82.7 Å². The lowest BCUT2D eigenvalue weighted by atomic mass is 9.72. The van der Waals surface area contributed by atoms with E-state index >= 15 is 0 Å². The fourth-order valence-electron chi connectivity index (χ4n) is 7.73. The number of hydrogen-bond acceptors (Lipinski definition) is 5. The van der Waals surface area contributed by atoms with Crippen molar-refractivity contribution in [1.82, 2.24) is 9.88 Å². The highest BCUT2D eigenvalue weighted by Gasteiger charge is 2.45. The maximum absolute atomic E-state index is 13.9. The van der Waals surface area contributed by atoms with Crippen molar-refractivity contribution in [3.63, 3.8) is 0 Å². The minimum absolute atomic E-state index is 0.00601. The molecule has 8 heteroatoms. The summed E-state index contributed by atoms with van der Waals surface area (Å²) >= 11 is 0. The molecule has 1 amide bonds. The Morgan fingerprint density at radius 2 is 1.77 bits per heavy atom. The summed E-state index contributed by atoms with van der Waals surface area (Å²) in [4.78, 5) is 38.8. The Balaban J connectivity index is 1.18. The van der Waals surface area contributed by atoms with Crippen LogP contribution in [0.3, 0.4) is 0 Å². The number of amides is 1. The zero-order valence-electron chi connectivity index (χ0n) is 27.6. The second-order valence-corrected chi connectivity index (χ2v) is 13.6. The number of carboxylic acid groups (broad SMARTS) is 1. The average molecular weight is 647 g/mol. The zero-order valence-corrected chi connectivity index (χ0v) is 27.6. The first kappa shape index (κ1) is 31.7. The first-order valence-electron chi connectivity index (χ1n) is 17.1. The third kappa shape index (κ3) is 5.89. The highest BCUT2D eigenvalue weighted by atomic mass is 16.5. The summed E-state index contributed by atoms with van der Waals surface area (Å²) in [6, 6.07) is 19.4. The molecule has 2 fully saturated rings. The van der Waals surface area contributed by atoms with E-state index in [9.17, 15) is 14.4 Å². The van der Waals surface area contributed by atoms with Gasteiger partial charge in [0.1, 0.15) is 18.1 Å². The fraction of sp³-hybridized carbons (Fsp3) is 0.375. The number of carbonyl (C=O) groups excluding carboxylic acids is 2. The molecule has 0 spiro atoms. The predicted octanol–water partition coefficient (Wildman–Crippen LogP) is 7.71. The molecule has 0 radical (unpaired) electrons. The number of nitrogens with zero attached hydrogens (tertiary/aromatic N) is 1. The number of aromatic nitrogens is 1. The highest BCUT2D eigenvalue weighted by molar-refractivity contribution is 6.04. The predicted molar refractivity (Wildman–Crippen MR) is 186 cm³/mol. The number of carboxylic acids is 1. The second-order valence-electron chi connectivity index (χ2n) is 13.6. The molecule has 248 valence electrons. The van der Waals surface area contributed by atoms with Gasteiger partial charge < -0.3 is 24.5 Å². The fourth-order valence-corrected chi connectivity index (χ4v) is 7.73. The molecule has 8 nitrogen and oxygen atoms in total. The number of carbonyl (C=O) groups is 3. The van der Waals surface area contributed by atoms with Crippen molar-refractivity contribution in [3.05, 3.63) is 88.5 Å². The van der Waals surface area contributed by atoms with E-state index in [1.807, 2.05) is 48.5 Å². The monoisotopic (exact) mass is 646 g/mol. The van der Waals surface area contributed by atoms with Crippen LogP contribution in [0, 0.1) is 0 Å². The molecular formula is C40H42N2O6. The molecule has 4 aromatic rings. The molecule has 0 saturated heterocycles. The SMILES string of the molecule is COc1ccc2c(c1)OCCn1c-2c(C2CCCCC2)c2ccc(C(=O)NC3(C(=O)Cc4ccc(/C=C(\C)C(=O)O)cc4)CCC3)cc21. The van der Waals surface area contributed by atoms with Crippen LogP contribution in [-0.2, 0) is 22.6 Å². The number of methoxy groups -OCH3 is 1. The van der Waals surface area contributed by atoms with Gasteiger partial charge >= 0.3 is 5.97 Å². The van der Waals surface area contributed by atoms with E-state index in [2.05, 4.69) is 22.0 Å². The Morgan fingerprint density at radius 1 is 1.00 bits per heavy atom. The second kappa shape index (κ2) is 13.0. The minimum atomic E-state index is -0.964. The highest BCUT2D eigenvalue weighted by Crippen LogP contribution is 2.48. The number of nitrogens with one attached hydrogen (secondary N) is 1. The van der Waals surface area contributed by atoms with Gasteiger partial charge in [0.2, 0.25) is 0 Å². The van der Waals surface area contributed by atoms with Crippen molar-refractivity contribution in [1.29, 1.82) is 0 Å². The van der Waals surface area contributed by atoms with Crippen LogP contribution in [-0.4, -0.2) is 46.6 Å².